The molecule has 0 spiro atoms. The molecule has 0 N–H and O–H groups in total. The highest BCUT2D eigenvalue weighted by Gasteiger charge is 2.09. The number of hydrogen-bond acceptors (Lipinski definition) is 6. The highest BCUT2D eigenvalue weighted by Crippen LogP contribution is 2.33. The van der Waals surface area contributed by atoms with Crippen LogP contribution in [-0.2, 0) is 0 Å². The second-order valence-corrected chi connectivity index (χ2v) is 7.62. The monoisotopic (exact) mass is 376 g/mol. The summed E-state index contributed by atoms with van der Waals surface area (Å²) >= 11 is 3.01. The van der Waals surface area contributed by atoms with E-state index in [9.17, 15) is 0 Å². The van der Waals surface area contributed by atoms with Crippen LogP contribution in [0.25, 0.3) is 22.2 Å². The van der Waals surface area contributed by atoms with Gasteiger partial charge in [-0.05, 0) is 72.1 Å². The Bertz CT molecular complexity index is 1030. The lowest BCUT2D eigenvalue weighted by Gasteiger charge is -1.99. The van der Waals surface area contributed by atoms with Gasteiger partial charge < -0.3 is 8.83 Å². The summed E-state index contributed by atoms with van der Waals surface area (Å²) in [4.78, 5) is 11.1. The highest BCUT2D eigenvalue weighted by molar-refractivity contribution is 7.99. The van der Waals surface area contributed by atoms with E-state index >= 15 is 0 Å². The molecule has 0 aliphatic carbocycles. The van der Waals surface area contributed by atoms with Crippen molar-refractivity contribution in [3.8, 4) is 0 Å². The first kappa shape index (κ1) is 15.5. The van der Waals surface area contributed by atoms with Crippen LogP contribution in [0.3, 0.4) is 0 Å². The van der Waals surface area contributed by atoms with Crippen LogP contribution in [0.1, 0.15) is 0 Å². The molecule has 0 bridgehead atoms. The zero-order valence-electron chi connectivity index (χ0n) is 13.5. The summed E-state index contributed by atoms with van der Waals surface area (Å²) in [6.07, 6.45) is 0. The van der Waals surface area contributed by atoms with Gasteiger partial charge in [0.25, 0.3) is 10.4 Å². The van der Waals surface area contributed by atoms with Gasteiger partial charge in [-0.15, -0.1) is 0 Å². The fourth-order valence-corrected chi connectivity index (χ4v) is 4.07. The lowest BCUT2D eigenvalue weighted by Crippen LogP contribution is -1.76. The van der Waals surface area contributed by atoms with Crippen molar-refractivity contribution in [1.29, 1.82) is 0 Å². The van der Waals surface area contributed by atoms with E-state index in [1.165, 1.54) is 23.5 Å². The summed E-state index contributed by atoms with van der Waals surface area (Å²) in [6, 6.07) is 23.7. The molecule has 0 aliphatic heterocycles. The average molecular weight is 376 g/mol. The largest absolute Gasteiger partial charge is 0.431 e. The van der Waals surface area contributed by atoms with Gasteiger partial charge in [-0.1, -0.05) is 24.3 Å². The first-order chi connectivity index (χ1) is 12.8. The number of oxazole rings is 2. The molecule has 0 fully saturated rings. The van der Waals surface area contributed by atoms with Gasteiger partial charge in [0, 0.05) is 9.79 Å². The summed E-state index contributed by atoms with van der Waals surface area (Å²) < 4.78 is 11.5. The third kappa shape index (κ3) is 3.09. The lowest BCUT2D eigenvalue weighted by atomic mass is 10.3. The number of benzene rings is 3. The zero-order chi connectivity index (χ0) is 17.3. The minimum Gasteiger partial charge on any atom is -0.431 e. The second kappa shape index (κ2) is 6.55. The maximum Gasteiger partial charge on any atom is 0.261 e. The fraction of sp³-hybridized carbons (Fsp3) is 0. The van der Waals surface area contributed by atoms with Gasteiger partial charge in [-0.25, -0.2) is 9.97 Å². The van der Waals surface area contributed by atoms with E-state index in [1.807, 2.05) is 72.8 Å². The predicted octanol–water partition coefficient (Wildman–Crippen LogP) is 6.27. The molecule has 3 aromatic carbocycles. The molecule has 2 aromatic heterocycles. The summed E-state index contributed by atoms with van der Waals surface area (Å²) in [6.45, 7) is 0. The Morgan fingerprint density at radius 2 is 0.962 bits per heavy atom. The Kier molecular flexibility index (Phi) is 3.92. The van der Waals surface area contributed by atoms with Crippen LogP contribution < -0.4 is 0 Å². The maximum atomic E-state index is 5.75. The number of rotatable bonds is 4. The highest BCUT2D eigenvalue weighted by atomic mass is 32.2. The van der Waals surface area contributed by atoms with Crippen molar-refractivity contribution in [3.63, 3.8) is 0 Å². The SMILES string of the molecule is c1ccc2oc(Sc3ccc(Sc4nc5ccccc5o4)cc3)nc2c1. The standard InChI is InChI=1S/C20H12N2O2S2/c1-3-7-17-15(5-1)21-19(23-17)25-13-9-11-14(12-10-13)26-20-22-16-6-2-4-8-18(16)24-20/h1-12H. The van der Waals surface area contributed by atoms with Gasteiger partial charge in [-0.2, -0.15) is 0 Å². The molecule has 0 saturated heterocycles. The van der Waals surface area contributed by atoms with Crippen molar-refractivity contribution < 1.29 is 8.83 Å². The van der Waals surface area contributed by atoms with E-state index in [4.69, 9.17) is 8.83 Å². The summed E-state index contributed by atoms with van der Waals surface area (Å²) in [5.74, 6) is 0. The first-order valence-corrected chi connectivity index (χ1v) is 9.64. The quantitative estimate of drug-likeness (QED) is 0.368. The van der Waals surface area contributed by atoms with Crippen LogP contribution in [0.15, 0.2) is 102 Å². The molecule has 126 valence electrons. The van der Waals surface area contributed by atoms with Crippen molar-refractivity contribution >= 4 is 45.7 Å². The number of nitrogens with zero attached hydrogens (tertiary/aromatic N) is 2. The minimum atomic E-state index is 0.644. The van der Waals surface area contributed by atoms with Crippen LogP contribution in [-0.4, -0.2) is 9.97 Å². The molecule has 5 rings (SSSR count). The molecule has 0 radical (unpaired) electrons. The van der Waals surface area contributed by atoms with E-state index in [-0.39, 0.29) is 0 Å². The van der Waals surface area contributed by atoms with Gasteiger partial charge in [0.1, 0.15) is 11.0 Å². The molecule has 5 aromatic rings. The second-order valence-electron chi connectivity index (χ2n) is 5.57. The van der Waals surface area contributed by atoms with E-state index in [0.29, 0.717) is 10.4 Å². The van der Waals surface area contributed by atoms with Crippen molar-refractivity contribution in [2.24, 2.45) is 0 Å². The number of para-hydroxylation sites is 4. The van der Waals surface area contributed by atoms with Crippen molar-refractivity contribution in [2.75, 3.05) is 0 Å². The number of fused-ring (bicyclic) bond motifs is 2. The molecule has 0 atom stereocenters. The van der Waals surface area contributed by atoms with Crippen molar-refractivity contribution in [3.05, 3.63) is 72.8 Å². The van der Waals surface area contributed by atoms with Gasteiger partial charge in [0.15, 0.2) is 11.2 Å². The number of hydrogen-bond donors (Lipinski definition) is 0. The number of aromatic nitrogens is 2. The summed E-state index contributed by atoms with van der Waals surface area (Å²) in [5.41, 5.74) is 3.35. The Morgan fingerprint density at radius 1 is 0.538 bits per heavy atom. The molecule has 6 heteroatoms. The maximum absolute atomic E-state index is 5.75. The molecular formula is C20H12N2O2S2. The summed E-state index contributed by atoms with van der Waals surface area (Å²) in [5, 5.41) is 1.29. The molecule has 26 heavy (non-hydrogen) atoms. The van der Waals surface area contributed by atoms with E-state index in [2.05, 4.69) is 9.97 Å². The third-order valence-corrected chi connectivity index (χ3v) is 5.50. The molecule has 0 amide bonds. The van der Waals surface area contributed by atoms with Crippen LogP contribution in [0.5, 0.6) is 0 Å². The minimum absolute atomic E-state index is 0.644. The Labute approximate surface area is 157 Å². The van der Waals surface area contributed by atoms with Crippen molar-refractivity contribution in [2.45, 2.75) is 20.2 Å². The van der Waals surface area contributed by atoms with Crippen LogP contribution >= 0.6 is 23.5 Å². The molecule has 0 unspecified atom stereocenters. The fourth-order valence-electron chi connectivity index (χ4n) is 2.57. The van der Waals surface area contributed by atoms with E-state index < -0.39 is 0 Å². The Morgan fingerprint density at radius 3 is 1.38 bits per heavy atom. The van der Waals surface area contributed by atoms with Crippen LogP contribution in [0, 0.1) is 0 Å². The van der Waals surface area contributed by atoms with E-state index in [1.54, 1.807) is 0 Å². The van der Waals surface area contributed by atoms with Gasteiger partial charge >= 0.3 is 0 Å². The van der Waals surface area contributed by atoms with Gasteiger partial charge in [0.05, 0.1) is 0 Å². The Hall–Kier alpha value is -2.70. The van der Waals surface area contributed by atoms with E-state index in [0.717, 1.165) is 32.0 Å². The molecule has 2 heterocycles. The smallest absolute Gasteiger partial charge is 0.261 e. The Balaban J connectivity index is 1.33. The molecule has 0 saturated carbocycles. The topological polar surface area (TPSA) is 52.1 Å². The predicted molar refractivity (Wildman–Crippen MR) is 103 cm³/mol. The molecular weight excluding hydrogens is 364 g/mol. The summed E-state index contributed by atoms with van der Waals surface area (Å²) in [7, 11) is 0. The van der Waals surface area contributed by atoms with Crippen LogP contribution in [0.4, 0.5) is 0 Å². The van der Waals surface area contributed by atoms with Gasteiger partial charge in [-0.3, -0.25) is 0 Å². The average Bonchev–Trinajstić information content (AvgIpc) is 3.25. The lowest BCUT2D eigenvalue weighted by molar-refractivity contribution is 0.489. The molecule has 4 nitrogen and oxygen atoms in total. The third-order valence-electron chi connectivity index (χ3n) is 3.78. The zero-order valence-corrected chi connectivity index (χ0v) is 15.1. The van der Waals surface area contributed by atoms with Gasteiger partial charge in [0.2, 0.25) is 0 Å². The van der Waals surface area contributed by atoms with Crippen molar-refractivity contribution in [1.82, 2.24) is 9.97 Å². The normalized spacial score (nSPS) is 11.4. The van der Waals surface area contributed by atoms with Crippen LogP contribution in [0.2, 0.25) is 0 Å². The first-order valence-electron chi connectivity index (χ1n) is 8.00. The molecule has 0 aliphatic rings.